The van der Waals surface area contributed by atoms with Crippen molar-refractivity contribution in [3.05, 3.63) is 44.4 Å². The molecule has 6 nitrogen and oxygen atoms in total. The molecule has 0 radical (unpaired) electrons. The predicted molar refractivity (Wildman–Crippen MR) is 92.1 cm³/mol. The number of rotatable bonds is 6. The summed E-state index contributed by atoms with van der Waals surface area (Å²) < 4.78 is 5.22. The lowest BCUT2D eigenvalue weighted by atomic mass is 10.1. The Bertz CT molecular complexity index is 775. The Kier molecular flexibility index (Phi) is 5.80. The second-order valence-corrected chi connectivity index (χ2v) is 6.60. The molecule has 0 aliphatic heterocycles. The highest BCUT2D eigenvalue weighted by atomic mass is 35.5. The Morgan fingerprint density at radius 3 is 2.75 bits per heavy atom. The zero-order valence-corrected chi connectivity index (χ0v) is 15.0. The zero-order valence-electron chi connectivity index (χ0n) is 13.4. The highest BCUT2D eigenvalue weighted by Crippen LogP contribution is 2.27. The van der Waals surface area contributed by atoms with Gasteiger partial charge in [-0.25, -0.2) is 9.78 Å². The van der Waals surface area contributed by atoms with E-state index in [4.69, 9.17) is 21.4 Å². The fraction of sp³-hybridized carbons (Fsp3) is 0.312. The number of aromatic carboxylic acids is 1. The topological polar surface area (TPSA) is 88.5 Å². The Morgan fingerprint density at radius 1 is 1.46 bits per heavy atom. The van der Waals surface area contributed by atoms with Gasteiger partial charge >= 0.3 is 5.97 Å². The Morgan fingerprint density at radius 2 is 2.17 bits per heavy atom. The van der Waals surface area contributed by atoms with Crippen LogP contribution in [-0.4, -0.2) is 29.1 Å². The Balaban J connectivity index is 2.10. The molecule has 0 aliphatic rings. The number of aromatic nitrogens is 1. The van der Waals surface area contributed by atoms with E-state index in [0.29, 0.717) is 27.0 Å². The molecule has 128 valence electrons. The number of hydrogen-bond donors (Lipinski definition) is 2. The predicted octanol–water partition coefficient (Wildman–Crippen LogP) is 3.23. The lowest BCUT2D eigenvalue weighted by Crippen LogP contribution is -2.28. The van der Waals surface area contributed by atoms with Crippen LogP contribution in [-0.2, 0) is 11.2 Å². The zero-order chi connectivity index (χ0) is 17.9. The normalized spacial score (nSPS) is 11.8. The van der Waals surface area contributed by atoms with E-state index in [2.05, 4.69) is 10.3 Å². The van der Waals surface area contributed by atoms with E-state index in [1.165, 1.54) is 7.11 Å². The number of thiazole rings is 1. The van der Waals surface area contributed by atoms with Crippen LogP contribution in [0.5, 0.6) is 5.75 Å². The molecule has 1 atom stereocenters. The summed E-state index contributed by atoms with van der Waals surface area (Å²) in [4.78, 5) is 27.8. The Labute approximate surface area is 148 Å². The van der Waals surface area contributed by atoms with Gasteiger partial charge < -0.3 is 15.2 Å². The Hall–Kier alpha value is -2.12. The van der Waals surface area contributed by atoms with Crippen LogP contribution in [0.25, 0.3) is 0 Å². The molecular formula is C16H17ClN2O4S. The van der Waals surface area contributed by atoms with Gasteiger partial charge in [0.05, 0.1) is 25.3 Å². The van der Waals surface area contributed by atoms with Gasteiger partial charge in [-0.15, -0.1) is 11.3 Å². The first-order valence-electron chi connectivity index (χ1n) is 7.14. The standard InChI is InChI=1S/C16H17ClN2O4S/c1-8-14(16(21)22)24-15(19-8)9(2)18-13(20)7-10-11(17)5-4-6-12(10)23-3/h4-6,9H,7H2,1-3H3,(H,18,20)(H,21,22). The summed E-state index contributed by atoms with van der Waals surface area (Å²) in [5.74, 6) is -0.724. The van der Waals surface area contributed by atoms with Crippen molar-refractivity contribution in [2.45, 2.75) is 26.3 Å². The number of hydrogen-bond acceptors (Lipinski definition) is 5. The fourth-order valence-corrected chi connectivity index (χ4v) is 3.36. The fourth-order valence-electron chi connectivity index (χ4n) is 2.22. The third kappa shape index (κ3) is 4.04. The van der Waals surface area contributed by atoms with E-state index in [1.807, 2.05) is 0 Å². The minimum atomic E-state index is -1.02. The van der Waals surface area contributed by atoms with Gasteiger partial charge in [0.2, 0.25) is 5.91 Å². The number of benzene rings is 1. The number of methoxy groups -OCH3 is 1. The van der Waals surface area contributed by atoms with E-state index < -0.39 is 12.0 Å². The van der Waals surface area contributed by atoms with Crippen molar-refractivity contribution in [3.8, 4) is 5.75 Å². The number of aryl methyl sites for hydroxylation is 1. The van der Waals surface area contributed by atoms with Crippen molar-refractivity contribution in [1.29, 1.82) is 0 Å². The molecule has 0 saturated carbocycles. The van der Waals surface area contributed by atoms with E-state index in [-0.39, 0.29) is 17.2 Å². The number of carboxylic acids is 1. The molecule has 0 aliphatic carbocycles. The van der Waals surface area contributed by atoms with Crippen LogP contribution in [0.2, 0.25) is 5.02 Å². The number of carboxylic acid groups (broad SMARTS) is 1. The van der Waals surface area contributed by atoms with E-state index in [9.17, 15) is 9.59 Å². The number of carbonyl (C=O) groups excluding carboxylic acids is 1. The van der Waals surface area contributed by atoms with Crippen LogP contribution in [0.1, 0.15) is 38.9 Å². The molecule has 2 rings (SSSR count). The van der Waals surface area contributed by atoms with Crippen molar-refractivity contribution in [2.75, 3.05) is 7.11 Å². The summed E-state index contributed by atoms with van der Waals surface area (Å²) in [5.41, 5.74) is 1.05. The lowest BCUT2D eigenvalue weighted by Gasteiger charge is -2.13. The number of halogens is 1. The van der Waals surface area contributed by atoms with Gasteiger partial charge in [-0.3, -0.25) is 4.79 Å². The van der Waals surface area contributed by atoms with Crippen LogP contribution in [0.4, 0.5) is 0 Å². The van der Waals surface area contributed by atoms with Crippen LogP contribution >= 0.6 is 22.9 Å². The molecular weight excluding hydrogens is 352 g/mol. The summed E-state index contributed by atoms with van der Waals surface area (Å²) >= 11 is 7.19. The SMILES string of the molecule is COc1cccc(Cl)c1CC(=O)NC(C)c1nc(C)c(C(=O)O)s1. The number of ether oxygens (including phenoxy) is 1. The van der Waals surface area contributed by atoms with Gasteiger partial charge in [0.25, 0.3) is 0 Å². The molecule has 0 fully saturated rings. The second kappa shape index (κ2) is 7.63. The molecule has 24 heavy (non-hydrogen) atoms. The molecule has 0 spiro atoms. The maximum atomic E-state index is 12.3. The third-order valence-electron chi connectivity index (χ3n) is 3.39. The van der Waals surface area contributed by atoms with Gasteiger partial charge in [-0.2, -0.15) is 0 Å². The molecule has 1 aromatic heterocycles. The molecule has 1 amide bonds. The van der Waals surface area contributed by atoms with Gasteiger partial charge in [0.1, 0.15) is 15.6 Å². The van der Waals surface area contributed by atoms with Gasteiger partial charge in [-0.05, 0) is 26.0 Å². The summed E-state index contributed by atoms with van der Waals surface area (Å²) in [5, 5.41) is 12.9. The molecule has 8 heteroatoms. The molecule has 1 aromatic carbocycles. The quantitative estimate of drug-likeness (QED) is 0.817. The maximum absolute atomic E-state index is 12.3. The van der Waals surface area contributed by atoms with Gasteiger partial charge in [0, 0.05) is 10.6 Å². The monoisotopic (exact) mass is 368 g/mol. The highest BCUT2D eigenvalue weighted by molar-refractivity contribution is 7.13. The average molecular weight is 369 g/mol. The third-order valence-corrected chi connectivity index (χ3v) is 5.07. The number of carbonyl (C=O) groups is 2. The molecule has 0 saturated heterocycles. The second-order valence-electron chi connectivity index (χ2n) is 5.16. The van der Waals surface area contributed by atoms with E-state index in [1.54, 1.807) is 32.0 Å². The molecule has 2 N–H and O–H groups in total. The molecule has 1 heterocycles. The van der Waals surface area contributed by atoms with Crippen molar-refractivity contribution >= 4 is 34.8 Å². The van der Waals surface area contributed by atoms with Crippen molar-refractivity contribution in [1.82, 2.24) is 10.3 Å². The minimum Gasteiger partial charge on any atom is -0.496 e. The van der Waals surface area contributed by atoms with Crippen LogP contribution in [0.15, 0.2) is 18.2 Å². The summed E-state index contributed by atoms with van der Waals surface area (Å²) in [6.07, 6.45) is 0.0589. The largest absolute Gasteiger partial charge is 0.496 e. The number of amides is 1. The van der Waals surface area contributed by atoms with Crippen LogP contribution < -0.4 is 10.1 Å². The van der Waals surface area contributed by atoms with Gasteiger partial charge in [0.15, 0.2) is 0 Å². The molecule has 2 aromatic rings. The maximum Gasteiger partial charge on any atom is 0.347 e. The average Bonchev–Trinajstić information content (AvgIpc) is 2.91. The molecule has 1 unspecified atom stereocenters. The summed E-state index contributed by atoms with van der Waals surface area (Å²) in [6, 6.07) is 4.78. The smallest absolute Gasteiger partial charge is 0.347 e. The van der Waals surface area contributed by atoms with E-state index in [0.717, 1.165) is 11.3 Å². The number of nitrogens with zero attached hydrogens (tertiary/aromatic N) is 1. The first-order valence-corrected chi connectivity index (χ1v) is 8.34. The van der Waals surface area contributed by atoms with Gasteiger partial charge in [-0.1, -0.05) is 17.7 Å². The number of nitrogens with one attached hydrogen (secondary N) is 1. The summed E-state index contributed by atoms with van der Waals surface area (Å²) in [7, 11) is 1.52. The van der Waals surface area contributed by atoms with Crippen molar-refractivity contribution in [3.63, 3.8) is 0 Å². The highest BCUT2D eigenvalue weighted by Gasteiger charge is 2.20. The molecule has 0 bridgehead atoms. The lowest BCUT2D eigenvalue weighted by molar-refractivity contribution is -0.121. The first kappa shape index (κ1) is 18.2. The van der Waals surface area contributed by atoms with Crippen LogP contribution in [0.3, 0.4) is 0 Å². The van der Waals surface area contributed by atoms with E-state index >= 15 is 0 Å². The van der Waals surface area contributed by atoms with Crippen LogP contribution in [0, 0.1) is 6.92 Å². The first-order chi connectivity index (χ1) is 11.3. The van der Waals surface area contributed by atoms with Crippen molar-refractivity contribution < 1.29 is 19.4 Å². The summed E-state index contributed by atoms with van der Waals surface area (Å²) in [6.45, 7) is 3.39. The minimum absolute atomic E-state index is 0.0589. The van der Waals surface area contributed by atoms with Crippen molar-refractivity contribution in [2.24, 2.45) is 0 Å².